The molecule has 1 heterocycles. The molecular formula is C10H7F2NOS. The van der Waals surface area contributed by atoms with E-state index in [-0.39, 0.29) is 11.3 Å². The van der Waals surface area contributed by atoms with Crippen molar-refractivity contribution in [2.75, 3.05) is 7.11 Å². The summed E-state index contributed by atoms with van der Waals surface area (Å²) in [6.45, 7) is 0. The van der Waals surface area contributed by atoms with Crippen molar-refractivity contribution in [1.82, 2.24) is 4.98 Å². The van der Waals surface area contributed by atoms with Crippen molar-refractivity contribution in [1.29, 1.82) is 0 Å². The van der Waals surface area contributed by atoms with Gasteiger partial charge in [0, 0.05) is 17.5 Å². The fraction of sp³-hybridized carbons (Fsp3) is 0.100. The van der Waals surface area contributed by atoms with E-state index in [1.807, 2.05) is 0 Å². The average Bonchev–Trinajstić information content (AvgIpc) is 2.69. The van der Waals surface area contributed by atoms with E-state index in [0.29, 0.717) is 5.69 Å². The number of rotatable bonds is 2. The maximum atomic E-state index is 13.5. The highest BCUT2D eigenvalue weighted by Gasteiger charge is 2.14. The topological polar surface area (TPSA) is 22.1 Å². The number of thiazole rings is 1. The monoisotopic (exact) mass is 227 g/mol. The average molecular weight is 227 g/mol. The van der Waals surface area contributed by atoms with E-state index >= 15 is 0 Å². The summed E-state index contributed by atoms with van der Waals surface area (Å²) in [7, 11) is 1.36. The van der Waals surface area contributed by atoms with Crippen LogP contribution in [0.1, 0.15) is 0 Å². The van der Waals surface area contributed by atoms with Crippen LogP contribution in [0, 0.1) is 11.6 Å². The summed E-state index contributed by atoms with van der Waals surface area (Å²) in [6, 6.07) is 2.27. The van der Waals surface area contributed by atoms with E-state index in [9.17, 15) is 8.78 Å². The third-order valence-electron chi connectivity index (χ3n) is 1.94. The third kappa shape index (κ3) is 1.83. The summed E-state index contributed by atoms with van der Waals surface area (Å²) in [5, 5.41) is 1.59. The highest BCUT2D eigenvalue weighted by molar-refractivity contribution is 7.07. The molecule has 0 aliphatic rings. The summed E-state index contributed by atoms with van der Waals surface area (Å²) in [5.74, 6) is -1.18. The number of aromatic nitrogens is 1. The standard InChI is InChI=1S/C10H7F2NOS/c1-14-6-2-7(11)10(8(12)3-6)9-4-15-5-13-9/h2-5H,1H3. The third-order valence-corrected chi connectivity index (χ3v) is 2.53. The van der Waals surface area contributed by atoms with Crippen molar-refractivity contribution in [3.8, 4) is 17.0 Å². The van der Waals surface area contributed by atoms with Crippen LogP contribution in [0.4, 0.5) is 8.78 Å². The van der Waals surface area contributed by atoms with E-state index < -0.39 is 11.6 Å². The lowest BCUT2D eigenvalue weighted by Gasteiger charge is -2.05. The first kappa shape index (κ1) is 10.0. The lowest BCUT2D eigenvalue weighted by molar-refractivity contribution is 0.407. The first-order valence-corrected chi connectivity index (χ1v) is 5.08. The minimum atomic E-state index is -0.669. The summed E-state index contributed by atoms with van der Waals surface area (Å²) in [4.78, 5) is 3.86. The largest absolute Gasteiger partial charge is 0.497 e. The normalized spacial score (nSPS) is 10.3. The van der Waals surface area contributed by atoms with E-state index in [1.165, 1.54) is 24.0 Å². The van der Waals surface area contributed by atoms with Gasteiger partial charge in [-0.05, 0) is 0 Å². The molecule has 0 fully saturated rings. The van der Waals surface area contributed by atoms with Crippen LogP contribution in [0.15, 0.2) is 23.0 Å². The molecule has 2 aromatic rings. The molecule has 0 amide bonds. The van der Waals surface area contributed by atoms with E-state index in [4.69, 9.17) is 4.74 Å². The van der Waals surface area contributed by atoms with Gasteiger partial charge in [0.05, 0.1) is 23.9 Å². The highest BCUT2D eigenvalue weighted by atomic mass is 32.1. The molecule has 0 spiro atoms. The molecule has 0 saturated heterocycles. The zero-order valence-corrected chi connectivity index (χ0v) is 8.65. The maximum absolute atomic E-state index is 13.5. The van der Waals surface area contributed by atoms with Gasteiger partial charge in [0.15, 0.2) is 0 Å². The van der Waals surface area contributed by atoms with Crippen molar-refractivity contribution < 1.29 is 13.5 Å². The molecule has 0 atom stereocenters. The Morgan fingerprint density at radius 1 is 1.27 bits per heavy atom. The lowest BCUT2D eigenvalue weighted by atomic mass is 10.1. The molecular weight excluding hydrogens is 220 g/mol. The molecule has 0 N–H and O–H groups in total. The molecule has 0 aliphatic carbocycles. The number of hydrogen-bond donors (Lipinski definition) is 0. The van der Waals surface area contributed by atoms with E-state index in [2.05, 4.69) is 4.98 Å². The molecule has 2 nitrogen and oxygen atoms in total. The second-order valence-corrected chi connectivity index (χ2v) is 3.56. The van der Waals surface area contributed by atoms with Crippen molar-refractivity contribution >= 4 is 11.3 Å². The van der Waals surface area contributed by atoms with Gasteiger partial charge in [-0.2, -0.15) is 0 Å². The number of methoxy groups -OCH3 is 1. The smallest absolute Gasteiger partial charge is 0.139 e. The zero-order valence-electron chi connectivity index (χ0n) is 7.83. The molecule has 1 aromatic carbocycles. The van der Waals surface area contributed by atoms with E-state index in [0.717, 1.165) is 12.1 Å². The SMILES string of the molecule is COc1cc(F)c(-c2cscn2)c(F)c1. The van der Waals surface area contributed by atoms with Gasteiger partial charge >= 0.3 is 0 Å². The predicted molar refractivity (Wildman–Crippen MR) is 54.0 cm³/mol. The van der Waals surface area contributed by atoms with Crippen molar-refractivity contribution in [2.45, 2.75) is 0 Å². The Hall–Kier alpha value is -1.49. The van der Waals surface area contributed by atoms with Crippen LogP contribution in [0.3, 0.4) is 0 Å². The Kier molecular flexibility index (Phi) is 2.64. The van der Waals surface area contributed by atoms with Gasteiger partial charge in [-0.1, -0.05) is 0 Å². The minimum absolute atomic E-state index is 0.114. The van der Waals surface area contributed by atoms with Gasteiger partial charge in [0.1, 0.15) is 17.4 Å². The molecule has 0 saturated carbocycles. The van der Waals surface area contributed by atoms with Crippen LogP contribution in [0.2, 0.25) is 0 Å². The van der Waals surface area contributed by atoms with Gasteiger partial charge in [-0.15, -0.1) is 11.3 Å². The van der Waals surface area contributed by atoms with Crippen molar-refractivity contribution in [3.05, 3.63) is 34.7 Å². The van der Waals surface area contributed by atoms with Crippen LogP contribution in [0.25, 0.3) is 11.3 Å². The number of ether oxygens (including phenoxy) is 1. The summed E-state index contributed by atoms with van der Waals surface area (Å²) in [6.07, 6.45) is 0. The number of halogens is 2. The van der Waals surface area contributed by atoms with Gasteiger partial charge in [-0.25, -0.2) is 13.8 Å². The van der Waals surface area contributed by atoms with Crippen LogP contribution in [0.5, 0.6) is 5.75 Å². The molecule has 2 rings (SSSR count). The molecule has 0 unspecified atom stereocenters. The summed E-state index contributed by atoms with van der Waals surface area (Å²) >= 11 is 1.29. The first-order valence-electron chi connectivity index (χ1n) is 4.14. The maximum Gasteiger partial charge on any atom is 0.139 e. The number of nitrogens with zero attached hydrogens (tertiary/aromatic N) is 1. The Bertz CT molecular complexity index is 447. The summed E-state index contributed by atoms with van der Waals surface area (Å²) < 4.78 is 31.8. The molecule has 15 heavy (non-hydrogen) atoms. The molecule has 0 bridgehead atoms. The molecule has 0 radical (unpaired) electrons. The van der Waals surface area contributed by atoms with Crippen LogP contribution in [-0.4, -0.2) is 12.1 Å². The van der Waals surface area contributed by atoms with Crippen LogP contribution >= 0.6 is 11.3 Å². The Morgan fingerprint density at radius 3 is 2.40 bits per heavy atom. The van der Waals surface area contributed by atoms with E-state index in [1.54, 1.807) is 5.38 Å². The lowest BCUT2D eigenvalue weighted by Crippen LogP contribution is -1.93. The number of benzene rings is 1. The summed E-state index contributed by atoms with van der Waals surface area (Å²) in [5.41, 5.74) is 1.72. The fourth-order valence-corrected chi connectivity index (χ4v) is 1.79. The molecule has 1 aromatic heterocycles. The Morgan fingerprint density at radius 2 is 1.93 bits per heavy atom. The number of hydrogen-bond acceptors (Lipinski definition) is 3. The van der Waals surface area contributed by atoms with Crippen LogP contribution < -0.4 is 4.74 Å². The van der Waals surface area contributed by atoms with Crippen molar-refractivity contribution in [3.63, 3.8) is 0 Å². The Labute approximate surface area is 89.2 Å². The zero-order chi connectivity index (χ0) is 10.8. The molecule has 5 heteroatoms. The highest BCUT2D eigenvalue weighted by Crippen LogP contribution is 2.29. The van der Waals surface area contributed by atoms with Gasteiger partial charge < -0.3 is 4.74 Å². The molecule has 0 aliphatic heterocycles. The first-order chi connectivity index (χ1) is 7.22. The van der Waals surface area contributed by atoms with Crippen molar-refractivity contribution in [2.24, 2.45) is 0 Å². The fourth-order valence-electron chi connectivity index (χ4n) is 1.25. The van der Waals surface area contributed by atoms with Gasteiger partial charge in [0.2, 0.25) is 0 Å². The molecule has 78 valence electrons. The van der Waals surface area contributed by atoms with Gasteiger partial charge in [0.25, 0.3) is 0 Å². The quantitative estimate of drug-likeness (QED) is 0.786. The second kappa shape index (κ2) is 3.94. The Balaban J connectivity index is 2.58. The van der Waals surface area contributed by atoms with Crippen LogP contribution in [-0.2, 0) is 0 Å². The second-order valence-electron chi connectivity index (χ2n) is 2.84. The predicted octanol–water partition coefficient (Wildman–Crippen LogP) is 3.10. The van der Waals surface area contributed by atoms with Gasteiger partial charge in [-0.3, -0.25) is 0 Å². The minimum Gasteiger partial charge on any atom is -0.497 e.